The molecule has 1 aliphatic rings. The van der Waals surface area contributed by atoms with Gasteiger partial charge in [-0.2, -0.15) is 0 Å². The number of nitrogens with one attached hydrogen (secondary N) is 2. The van der Waals surface area contributed by atoms with E-state index in [4.69, 9.17) is 26.4 Å². The number of methoxy groups -OCH3 is 1. The van der Waals surface area contributed by atoms with Crippen molar-refractivity contribution in [3.8, 4) is 17.2 Å². The molecule has 0 saturated carbocycles. The molecule has 0 aliphatic carbocycles. The first-order valence-corrected chi connectivity index (χ1v) is 12.1. The molecule has 0 saturated heterocycles. The highest BCUT2D eigenvalue weighted by Gasteiger charge is 2.19. The number of nitrogens with zero attached hydrogens (tertiary/aromatic N) is 1. The number of aromatic amines is 1. The highest BCUT2D eigenvalue weighted by Crippen LogP contribution is 2.33. The largest absolute Gasteiger partial charge is 0.497 e. The van der Waals surface area contributed by atoms with Gasteiger partial charge in [-0.3, -0.25) is 4.79 Å². The molecular formula is C28H27N3O4S. The topological polar surface area (TPSA) is 75.8 Å². The van der Waals surface area contributed by atoms with Crippen LogP contribution in [-0.4, -0.2) is 28.9 Å². The van der Waals surface area contributed by atoms with E-state index in [2.05, 4.69) is 29.4 Å². The Bertz CT molecular complexity index is 1450. The zero-order valence-electron chi connectivity index (χ0n) is 20.1. The Kier molecular flexibility index (Phi) is 6.77. The van der Waals surface area contributed by atoms with Crippen molar-refractivity contribution in [2.75, 3.05) is 13.9 Å². The van der Waals surface area contributed by atoms with E-state index in [1.165, 1.54) is 0 Å². The van der Waals surface area contributed by atoms with E-state index in [1.807, 2.05) is 65.6 Å². The Labute approximate surface area is 214 Å². The molecule has 3 aromatic carbocycles. The summed E-state index contributed by atoms with van der Waals surface area (Å²) in [6.07, 6.45) is 0. The van der Waals surface area contributed by atoms with Gasteiger partial charge < -0.3 is 29.4 Å². The number of benzene rings is 3. The Morgan fingerprint density at radius 1 is 1.06 bits per heavy atom. The molecule has 1 aliphatic heterocycles. The molecular weight excluding hydrogens is 474 g/mol. The second-order valence-electron chi connectivity index (χ2n) is 8.70. The summed E-state index contributed by atoms with van der Waals surface area (Å²) >= 11 is 5.85. The van der Waals surface area contributed by atoms with Gasteiger partial charge in [0.2, 0.25) is 6.79 Å². The number of thiocarbonyl (C=S) groups is 1. The number of hydrogen-bond acceptors (Lipinski definition) is 5. The van der Waals surface area contributed by atoms with E-state index < -0.39 is 0 Å². The van der Waals surface area contributed by atoms with Crippen LogP contribution in [0.2, 0.25) is 0 Å². The highest BCUT2D eigenvalue weighted by molar-refractivity contribution is 7.80. The zero-order valence-corrected chi connectivity index (χ0v) is 20.9. The maximum atomic E-state index is 13.0. The molecule has 0 radical (unpaired) electrons. The van der Waals surface area contributed by atoms with Gasteiger partial charge >= 0.3 is 0 Å². The average molecular weight is 502 g/mol. The van der Waals surface area contributed by atoms with Crippen molar-refractivity contribution < 1.29 is 14.2 Å². The minimum Gasteiger partial charge on any atom is -0.497 e. The lowest BCUT2D eigenvalue weighted by Gasteiger charge is -2.28. The fourth-order valence-electron chi connectivity index (χ4n) is 4.24. The third-order valence-corrected chi connectivity index (χ3v) is 6.60. The molecule has 5 rings (SSSR count). The van der Waals surface area contributed by atoms with Crippen LogP contribution in [0.3, 0.4) is 0 Å². The number of rotatable bonds is 7. The van der Waals surface area contributed by atoms with Crippen molar-refractivity contribution in [2.45, 2.75) is 26.1 Å². The van der Waals surface area contributed by atoms with Crippen LogP contribution in [0.1, 0.15) is 29.7 Å². The molecule has 1 atom stereocenters. The van der Waals surface area contributed by atoms with Gasteiger partial charge in [-0.25, -0.2) is 0 Å². The van der Waals surface area contributed by atoms with Gasteiger partial charge in [0.25, 0.3) is 5.56 Å². The first-order valence-electron chi connectivity index (χ1n) is 11.7. The molecule has 1 aromatic heterocycles. The molecule has 0 unspecified atom stereocenters. The van der Waals surface area contributed by atoms with Gasteiger partial charge in [-0.1, -0.05) is 36.4 Å². The van der Waals surface area contributed by atoms with Crippen LogP contribution >= 0.6 is 12.2 Å². The molecule has 36 heavy (non-hydrogen) atoms. The summed E-state index contributed by atoms with van der Waals surface area (Å²) < 4.78 is 16.4. The smallest absolute Gasteiger partial charge is 0.253 e. The summed E-state index contributed by atoms with van der Waals surface area (Å²) in [5.74, 6) is 2.16. The maximum Gasteiger partial charge on any atom is 0.253 e. The Morgan fingerprint density at radius 3 is 2.67 bits per heavy atom. The van der Waals surface area contributed by atoms with Crippen molar-refractivity contribution in [3.05, 3.63) is 99.8 Å². The summed E-state index contributed by atoms with van der Waals surface area (Å²) in [5, 5.41) is 4.88. The molecule has 0 amide bonds. The van der Waals surface area contributed by atoms with Crippen molar-refractivity contribution >= 4 is 28.2 Å². The van der Waals surface area contributed by atoms with Crippen molar-refractivity contribution in [1.29, 1.82) is 0 Å². The lowest BCUT2D eigenvalue weighted by Crippen LogP contribution is -2.41. The van der Waals surface area contributed by atoms with Gasteiger partial charge in [0.1, 0.15) is 5.75 Å². The summed E-state index contributed by atoms with van der Waals surface area (Å²) in [4.78, 5) is 18.0. The van der Waals surface area contributed by atoms with Gasteiger partial charge in [0.05, 0.1) is 19.7 Å². The fraction of sp³-hybridized carbons (Fsp3) is 0.214. The molecule has 0 fully saturated rings. The van der Waals surface area contributed by atoms with Crippen LogP contribution < -0.4 is 25.1 Å². The van der Waals surface area contributed by atoms with E-state index in [1.54, 1.807) is 7.11 Å². The summed E-state index contributed by atoms with van der Waals surface area (Å²) in [6, 6.07) is 23.4. The SMILES string of the molecule is COc1ccc2[nH]c(=O)c(CN(Cc3ccc4c(c3)OCO4)C(=S)N[C@H](C)c3ccccc3)cc2c1. The number of fused-ring (bicyclic) bond motifs is 2. The zero-order chi connectivity index (χ0) is 25.1. The minimum atomic E-state index is -0.151. The highest BCUT2D eigenvalue weighted by atomic mass is 32.1. The van der Waals surface area contributed by atoms with Crippen LogP contribution in [-0.2, 0) is 13.1 Å². The summed E-state index contributed by atoms with van der Waals surface area (Å²) in [7, 11) is 1.62. The Hall–Kier alpha value is -4.04. The van der Waals surface area contributed by atoms with Crippen LogP contribution in [0.4, 0.5) is 0 Å². The third-order valence-electron chi connectivity index (χ3n) is 6.23. The number of aromatic nitrogens is 1. The van der Waals surface area contributed by atoms with Crippen LogP contribution in [0, 0.1) is 0 Å². The van der Waals surface area contributed by atoms with E-state index >= 15 is 0 Å². The standard InChI is InChI=1S/C28H27N3O4S/c1-18(20-6-4-3-5-7-20)29-28(36)31(15-19-8-11-25-26(12-19)35-17-34-25)16-22-13-21-14-23(33-2)9-10-24(21)30-27(22)32/h3-14,18H,15-17H2,1-2H3,(H,29,36)(H,30,32)/t18-/m1/s1. The monoisotopic (exact) mass is 501 g/mol. The van der Waals surface area contributed by atoms with E-state index in [9.17, 15) is 4.79 Å². The van der Waals surface area contributed by atoms with E-state index in [0.717, 1.165) is 33.5 Å². The maximum absolute atomic E-state index is 13.0. The van der Waals surface area contributed by atoms with Crippen molar-refractivity contribution in [2.24, 2.45) is 0 Å². The summed E-state index contributed by atoms with van der Waals surface area (Å²) in [6.45, 7) is 3.09. The molecule has 2 N–H and O–H groups in total. The van der Waals surface area contributed by atoms with Gasteiger partial charge in [0, 0.05) is 23.0 Å². The first kappa shape index (κ1) is 23.7. The normalized spacial score (nSPS) is 12.8. The van der Waals surface area contributed by atoms with Gasteiger partial charge in [-0.05, 0) is 66.7 Å². The molecule has 2 heterocycles. The minimum absolute atomic E-state index is 0.00268. The molecule has 184 valence electrons. The van der Waals surface area contributed by atoms with Gasteiger partial charge in [0.15, 0.2) is 16.6 Å². The lowest BCUT2D eigenvalue weighted by atomic mass is 10.1. The number of ether oxygens (including phenoxy) is 3. The quantitative estimate of drug-likeness (QED) is 0.349. The number of hydrogen-bond donors (Lipinski definition) is 2. The van der Waals surface area contributed by atoms with Crippen LogP contribution in [0.5, 0.6) is 17.2 Å². The predicted molar refractivity (Wildman–Crippen MR) is 144 cm³/mol. The summed E-state index contributed by atoms with van der Waals surface area (Å²) in [5.41, 5.74) is 3.33. The van der Waals surface area contributed by atoms with Crippen molar-refractivity contribution in [1.82, 2.24) is 15.2 Å². The molecule has 7 nitrogen and oxygen atoms in total. The molecule has 4 aromatic rings. The second kappa shape index (κ2) is 10.3. The fourth-order valence-corrected chi connectivity index (χ4v) is 4.55. The Balaban J connectivity index is 1.44. The molecule has 0 spiro atoms. The van der Waals surface area contributed by atoms with Crippen molar-refractivity contribution in [3.63, 3.8) is 0 Å². The number of pyridine rings is 1. The van der Waals surface area contributed by atoms with Crippen LogP contribution in [0.25, 0.3) is 10.9 Å². The van der Waals surface area contributed by atoms with E-state index in [-0.39, 0.29) is 18.4 Å². The second-order valence-corrected chi connectivity index (χ2v) is 9.09. The third kappa shape index (κ3) is 5.13. The first-order chi connectivity index (χ1) is 17.5. The van der Waals surface area contributed by atoms with Crippen LogP contribution in [0.15, 0.2) is 77.6 Å². The molecule has 8 heteroatoms. The average Bonchev–Trinajstić information content (AvgIpc) is 3.37. The molecule has 0 bridgehead atoms. The number of H-pyrrole nitrogens is 1. The predicted octanol–water partition coefficient (Wildman–Crippen LogP) is 4.90. The van der Waals surface area contributed by atoms with Gasteiger partial charge in [-0.15, -0.1) is 0 Å². The van der Waals surface area contributed by atoms with E-state index in [0.29, 0.717) is 29.5 Å². The lowest BCUT2D eigenvalue weighted by molar-refractivity contribution is 0.174. The Morgan fingerprint density at radius 2 is 1.86 bits per heavy atom.